The van der Waals surface area contributed by atoms with Crippen LogP contribution in [0.1, 0.15) is 55.2 Å². The smallest absolute Gasteiger partial charge is 0.0476 e. The summed E-state index contributed by atoms with van der Waals surface area (Å²) in [5.74, 6) is 1.78. The molecule has 0 radical (unpaired) electrons. The van der Waals surface area contributed by atoms with Crippen molar-refractivity contribution in [1.29, 1.82) is 0 Å². The molecule has 2 heteroatoms. The van der Waals surface area contributed by atoms with Crippen molar-refractivity contribution >= 4 is 0 Å². The third-order valence-electron chi connectivity index (χ3n) is 5.45. The van der Waals surface area contributed by atoms with Gasteiger partial charge in [0, 0.05) is 25.2 Å². The van der Waals surface area contributed by atoms with Crippen LogP contribution >= 0.6 is 0 Å². The van der Waals surface area contributed by atoms with Gasteiger partial charge in [-0.05, 0) is 55.1 Å². The monoisotopic (exact) mass is 256 g/mol. The Morgan fingerprint density at radius 3 is 2.63 bits per heavy atom. The van der Waals surface area contributed by atoms with Crippen molar-refractivity contribution in [2.75, 3.05) is 13.1 Å². The first kappa shape index (κ1) is 11.9. The van der Waals surface area contributed by atoms with Crippen LogP contribution in [-0.4, -0.2) is 24.0 Å². The van der Waals surface area contributed by atoms with E-state index in [0.717, 1.165) is 24.4 Å². The van der Waals surface area contributed by atoms with Gasteiger partial charge in [-0.3, -0.25) is 4.90 Å². The van der Waals surface area contributed by atoms with E-state index in [-0.39, 0.29) is 0 Å². The lowest BCUT2D eigenvalue weighted by Crippen LogP contribution is -2.39. The first-order chi connectivity index (χ1) is 9.36. The van der Waals surface area contributed by atoms with Gasteiger partial charge < -0.3 is 5.73 Å². The zero-order valence-corrected chi connectivity index (χ0v) is 11.6. The second-order valence-corrected chi connectivity index (χ2v) is 6.68. The van der Waals surface area contributed by atoms with Gasteiger partial charge in [0.05, 0.1) is 0 Å². The fourth-order valence-corrected chi connectivity index (χ4v) is 4.37. The average Bonchev–Trinajstić information content (AvgIpc) is 3.08. The topological polar surface area (TPSA) is 29.3 Å². The van der Waals surface area contributed by atoms with Crippen molar-refractivity contribution in [3.05, 3.63) is 35.4 Å². The Morgan fingerprint density at radius 1 is 1.16 bits per heavy atom. The van der Waals surface area contributed by atoms with Crippen LogP contribution in [-0.2, 0) is 0 Å². The predicted octanol–water partition coefficient (Wildman–Crippen LogP) is 3.05. The normalized spacial score (nSPS) is 31.8. The summed E-state index contributed by atoms with van der Waals surface area (Å²) in [7, 11) is 0. The molecule has 1 aromatic carbocycles. The van der Waals surface area contributed by atoms with Gasteiger partial charge in [-0.1, -0.05) is 24.3 Å². The number of piperidine rings is 1. The van der Waals surface area contributed by atoms with Crippen LogP contribution in [0.2, 0.25) is 0 Å². The lowest BCUT2D eigenvalue weighted by atomic mass is 9.94. The molecule has 1 aromatic rings. The van der Waals surface area contributed by atoms with Gasteiger partial charge in [-0.25, -0.2) is 0 Å². The molecule has 0 spiro atoms. The van der Waals surface area contributed by atoms with Crippen LogP contribution in [0.5, 0.6) is 0 Å². The Morgan fingerprint density at radius 2 is 2.00 bits per heavy atom. The molecule has 3 unspecified atom stereocenters. The summed E-state index contributed by atoms with van der Waals surface area (Å²) in [4.78, 5) is 2.72. The molecule has 0 amide bonds. The lowest BCUT2D eigenvalue weighted by molar-refractivity contribution is 0.152. The van der Waals surface area contributed by atoms with Gasteiger partial charge in [0.2, 0.25) is 0 Å². The van der Waals surface area contributed by atoms with Crippen molar-refractivity contribution in [3.8, 4) is 0 Å². The van der Waals surface area contributed by atoms with Gasteiger partial charge >= 0.3 is 0 Å². The van der Waals surface area contributed by atoms with Crippen molar-refractivity contribution in [3.63, 3.8) is 0 Å². The molecule has 2 nitrogen and oxygen atoms in total. The van der Waals surface area contributed by atoms with E-state index in [9.17, 15) is 0 Å². The van der Waals surface area contributed by atoms with E-state index in [1.165, 1.54) is 44.2 Å². The highest BCUT2D eigenvalue weighted by atomic mass is 15.2. The van der Waals surface area contributed by atoms with Crippen molar-refractivity contribution < 1.29 is 0 Å². The fraction of sp³-hybridized carbons (Fsp3) is 0.647. The fourth-order valence-electron chi connectivity index (χ4n) is 4.37. The Balaban J connectivity index is 1.65. The van der Waals surface area contributed by atoms with Crippen molar-refractivity contribution in [2.24, 2.45) is 11.7 Å². The summed E-state index contributed by atoms with van der Waals surface area (Å²) >= 11 is 0. The highest BCUT2D eigenvalue weighted by Crippen LogP contribution is 2.46. The van der Waals surface area contributed by atoms with Gasteiger partial charge in [-0.2, -0.15) is 0 Å². The van der Waals surface area contributed by atoms with Crippen LogP contribution in [0.3, 0.4) is 0 Å². The van der Waals surface area contributed by atoms with Crippen molar-refractivity contribution in [1.82, 2.24) is 4.90 Å². The molecule has 1 saturated heterocycles. The Bertz CT molecular complexity index is 466. The quantitative estimate of drug-likeness (QED) is 0.897. The molecule has 0 aromatic heterocycles. The van der Waals surface area contributed by atoms with Crippen LogP contribution in [0, 0.1) is 5.92 Å². The molecule has 102 valence electrons. The second kappa shape index (κ2) is 4.60. The first-order valence-electron chi connectivity index (χ1n) is 7.91. The molecule has 3 aliphatic rings. The van der Waals surface area contributed by atoms with Gasteiger partial charge in [0.25, 0.3) is 0 Å². The molecule has 4 rings (SSSR count). The molecule has 2 N–H and O–H groups in total. The summed E-state index contributed by atoms with van der Waals surface area (Å²) in [6.07, 6.45) is 7.01. The third-order valence-corrected chi connectivity index (χ3v) is 5.45. The minimum absolute atomic E-state index is 0.465. The zero-order valence-electron chi connectivity index (χ0n) is 11.6. The lowest BCUT2D eigenvalue weighted by Gasteiger charge is -2.35. The molecular formula is C17H24N2. The Hall–Kier alpha value is -0.860. The van der Waals surface area contributed by atoms with E-state index in [4.69, 9.17) is 5.73 Å². The molecule has 3 atom stereocenters. The van der Waals surface area contributed by atoms with E-state index in [1.54, 1.807) is 5.56 Å². The number of likely N-dealkylation sites (tertiary alicyclic amines) is 1. The van der Waals surface area contributed by atoms with Crippen LogP contribution in [0.15, 0.2) is 24.3 Å². The molecule has 1 aliphatic heterocycles. The second-order valence-electron chi connectivity index (χ2n) is 6.68. The number of benzene rings is 1. The van der Waals surface area contributed by atoms with E-state index in [1.807, 2.05) is 0 Å². The zero-order chi connectivity index (χ0) is 12.8. The highest BCUT2D eigenvalue weighted by Gasteiger charge is 2.42. The van der Waals surface area contributed by atoms with Gasteiger partial charge in [0.15, 0.2) is 0 Å². The minimum atomic E-state index is 0.465. The molecule has 2 bridgehead atoms. The molecule has 3 fully saturated rings. The third kappa shape index (κ3) is 2.02. The number of hydrogen-bond acceptors (Lipinski definition) is 2. The maximum Gasteiger partial charge on any atom is 0.0476 e. The number of nitrogens with two attached hydrogens (primary N) is 1. The van der Waals surface area contributed by atoms with Gasteiger partial charge in [0.1, 0.15) is 0 Å². The highest BCUT2D eigenvalue weighted by molar-refractivity contribution is 5.36. The summed E-state index contributed by atoms with van der Waals surface area (Å²) in [5, 5.41) is 0. The average molecular weight is 256 g/mol. The van der Waals surface area contributed by atoms with Crippen LogP contribution < -0.4 is 5.73 Å². The number of nitrogens with zero attached hydrogens (tertiary/aromatic N) is 1. The van der Waals surface area contributed by atoms with E-state index >= 15 is 0 Å². The van der Waals surface area contributed by atoms with E-state index in [0.29, 0.717) is 6.04 Å². The van der Waals surface area contributed by atoms with Crippen LogP contribution in [0.4, 0.5) is 0 Å². The van der Waals surface area contributed by atoms with E-state index in [2.05, 4.69) is 29.2 Å². The number of fused-ring (bicyclic) bond motifs is 2. The number of hydrogen-bond donors (Lipinski definition) is 1. The molecule has 2 aliphatic carbocycles. The summed E-state index contributed by atoms with van der Waals surface area (Å²) in [6, 6.07) is 10.3. The predicted molar refractivity (Wildman–Crippen MR) is 78.0 cm³/mol. The molecular weight excluding hydrogens is 232 g/mol. The summed E-state index contributed by atoms with van der Waals surface area (Å²) < 4.78 is 0. The maximum absolute atomic E-state index is 6.16. The standard InChI is InChI=1S/C17H24N2/c18-10-17(19-11-12-5-8-14(19)9-12)16-4-2-1-3-15(16)13-6-7-13/h1-4,12-14,17H,5-11,18H2. The summed E-state index contributed by atoms with van der Waals surface area (Å²) in [6.45, 7) is 2.05. The Kier molecular flexibility index (Phi) is 2.89. The molecule has 19 heavy (non-hydrogen) atoms. The first-order valence-corrected chi connectivity index (χ1v) is 7.91. The SMILES string of the molecule is NCC(c1ccccc1C1CC1)N1CC2CCC1C2. The molecule has 1 heterocycles. The largest absolute Gasteiger partial charge is 0.329 e. The van der Waals surface area contributed by atoms with Crippen molar-refractivity contribution in [2.45, 2.75) is 50.1 Å². The maximum atomic E-state index is 6.16. The summed E-state index contributed by atoms with van der Waals surface area (Å²) in [5.41, 5.74) is 9.28. The van der Waals surface area contributed by atoms with E-state index < -0.39 is 0 Å². The van der Waals surface area contributed by atoms with Crippen LogP contribution in [0.25, 0.3) is 0 Å². The van der Waals surface area contributed by atoms with Gasteiger partial charge in [-0.15, -0.1) is 0 Å². The number of rotatable bonds is 4. The molecule has 2 saturated carbocycles. The minimum Gasteiger partial charge on any atom is -0.329 e. The Labute approximate surface area is 116 Å².